The smallest absolute Gasteiger partial charge is 0.343 e. The van der Waals surface area contributed by atoms with Crippen LogP contribution in [0.4, 0.5) is 18.2 Å². The van der Waals surface area contributed by atoms with Crippen LogP contribution in [0, 0.1) is 10.1 Å². The highest BCUT2D eigenvalue weighted by Gasteiger charge is 2.38. The van der Waals surface area contributed by atoms with E-state index in [1.807, 2.05) is 0 Å². The molecule has 0 saturated heterocycles. The van der Waals surface area contributed by atoms with Gasteiger partial charge in [0.05, 0.1) is 26.5 Å². The Morgan fingerprint density at radius 1 is 1.31 bits per heavy atom. The Balaban J connectivity index is 2.07. The molecule has 0 fully saturated rings. The number of nitrogens with one attached hydrogen (secondary N) is 1. The van der Waals surface area contributed by atoms with Crippen molar-refractivity contribution in [1.82, 2.24) is 10.3 Å². The van der Waals surface area contributed by atoms with Gasteiger partial charge < -0.3 is 5.32 Å². The molecule has 0 aliphatic heterocycles. The Morgan fingerprint density at radius 2 is 2.00 bits per heavy atom. The van der Waals surface area contributed by atoms with Gasteiger partial charge in [-0.2, -0.15) is 13.2 Å². The number of amides is 1. The maximum absolute atomic E-state index is 12.6. The zero-order valence-electron chi connectivity index (χ0n) is 12.4. The van der Waals surface area contributed by atoms with Crippen molar-refractivity contribution in [3.8, 4) is 0 Å². The second kappa shape index (κ2) is 5.98. The van der Waals surface area contributed by atoms with Gasteiger partial charge in [0.1, 0.15) is 12.2 Å². The highest BCUT2D eigenvalue weighted by molar-refractivity contribution is 7.18. The number of hydrogen-bond acceptors (Lipinski definition) is 7. The van der Waals surface area contributed by atoms with Crippen molar-refractivity contribution in [2.24, 2.45) is 0 Å². The SMILES string of the molecule is O=C(NCC(F)(F)F)c1ccnc2c1C(=O)c1sc([N+](=O)[O-])cc1C2=O. The van der Waals surface area contributed by atoms with Crippen LogP contribution in [-0.4, -0.2) is 40.1 Å². The fourth-order valence-corrected chi connectivity index (χ4v) is 3.29. The molecule has 1 N–H and O–H groups in total. The van der Waals surface area contributed by atoms with Gasteiger partial charge in [-0.25, -0.2) is 0 Å². The zero-order chi connectivity index (χ0) is 19.2. The Labute approximate surface area is 145 Å². The maximum atomic E-state index is 12.6. The molecular formula is C14H6F3N3O5S. The average molecular weight is 385 g/mol. The van der Waals surface area contributed by atoms with E-state index < -0.39 is 56.9 Å². The monoisotopic (exact) mass is 385 g/mol. The molecule has 2 aromatic rings. The summed E-state index contributed by atoms with van der Waals surface area (Å²) in [6, 6.07) is 1.93. The highest BCUT2D eigenvalue weighted by atomic mass is 32.1. The molecule has 0 saturated carbocycles. The third kappa shape index (κ3) is 2.94. The molecule has 0 unspecified atom stereocenters. The van der Waals surface area contributed by atoms with Crippen LogP contribution in [0.3, 0.4) is 0 Å². The first-order chi connectivity index (χ1) is 12.1. The lowest BCUT2D eigenvalue weighted by Gasteiger charge is -2.16. The Morgan fingerprint density at radius 3 is 2.62 bits per heavy atom. The number of nitro groups is 1. The van der Waals surface area contributed by atoms with Crippen LogP contribution >= 0.6 is 11.3 Å². The summed E-state index contributed by atoms with van der Waals surface area (Å²) in [5.41, 5.74) is -1.59. The van der Waals surface area contributed by atoms with Gasteiger partial charge in [-0.05, 0) is 6.07 Å². The van der Waals surface area contributed by atoms with Crippen LogP contribution in [0.2, 0.25) is 0 Å². The highest BCUT2D eigenvalue weighted by Crippen LogP contribution is 2.37. The number of carbonyl (C=O) groups excluding carboxylic acids is 3. The first-order valence-corrected chi connectivity index (χ1v) is 7.63. The summed E-state index contributed by atoms with van der Waals surface area (Å²) in [7, 11) is 0. The fourth-order valence-electron chi connectivity index (χ4n) is 2.38. The summed E-state index contributed by atoms with van der Waals surface area (Å²) in [6.07, 6.45) is -3.66. The summed E-state index contributed by atoms with van der Waals surface area (Å²) in [6.45, 7) is -1.62. The summed E-state index contributed by atoms with van der Waals surface area (Å²) in [4.78, 5) is 50.6. The molecule has 2 heterocycles. The minimum Gasteiger partial charge on any atom is -0.343 e. The van der Waals surface area contributed by atoms with E-state index in [0.29, 0.717) is 11.3 Å². The molecule has 0 radical (unpaired) electrons. The van der Waals surface area contributed by atoms with E-state index in [4.69, 9.17) is 0 Å². The van der Waals surface area contributed by atoms with Crippen LogP contribution in [0.1, 0.15) is 41.6 Å². The molecule has 0 spiro atoms. The fraction of sp³-hybridized carbons (Fsp3) is 0.143. The predicted octanol–water partition coefficient (Wildman–Crippen LogP) is 2.12. The number of halogens is 3. The van der Waals surface area contributed by atoms with Gasteiger partial charge in [0.25, 0.3) is 5.91 Å². The molecule has 8 nitrogen and oxygen atoms in total. The number of pyridine rings is 1. The van der Waals surface area contributed by atoms with Gasteiger partial charge in [-0.15, -0.1) is 0 Å². The van der Waals surface area contributed by atoms with E-state index in [0.717, 1.165) is 18.3 Å². The molecule has 0 aromatic carbocycles. The molecule has 1 aliphatic carbocycles. The number of nitrogens with zero attached hydrogens (tertiary/aromatic N) is 2. The minimum atomic E-state index is -4.66. The number of thiophene rings is 1. The van der Waals surface area contributed by atoms with Crippen LogP contribution in [0.25, 0.3) is 0 Å². The number of carbonyl (C=O) groups is 3. The molecule has 2 aromatic heterocycles. The second-order valence-electron chi connectivity index (χ2n) is 5.12. The molecule has 1 amide bonds. The quantitative estimate of drug-likeness (QED) is 0.545. The largest absolute Gasteiger partial charge is 0.405 e. The lowest BCUT2D eigenvalue weighted by atomic mass is 9.89. The Bertz CT molecular complexity index is 983. The van der Waals surface area contributed by atoms with E-state index in [1.165, 1.54) is 0 Å². The third-order valence-corrected chi connectivity index (χ3v) is 4.52. The van der Waals surface area contributed by atoms with Crippen LogP contribution in [-0.2, 0) is 0 Å². The first-order valence-electron chi connectivity index (χ1n) is 6.81. The lowest BCUT2D eigenvalue weighted by molar-refractivity contribution is -0.380. The average Bonchev–Trinajstić information content (AvgIpc) is 3.02. The van der Waals surface area contributed by atoms with Gasteiger partial charge in [0.15, 0.2) is 0 Å². The molecule has 3 rings (SSSR count). The van der Waals surface area contributed by atoms with Gasteiger partial charge in [-0.1, -0.05) is 11.3 Å². The van der Waals surface area contributed by atoms with Crippen molar-refractivity contribution in [3.05, 3.63) is 55.7 Å². The number of ketones is 2. The van der Waals surface area contributed by atoms with E-state index in [-0.39, 0.29) is 10.4 Å². The number of hydrogen-bond donors (Lipinski definition) is 1. The summed E-state index contributed by atoms with van der Waals surface area (Å²) in [5.74, 6) is -2.90. The lowest BCUT2D eigenvalue weighted by Crippen LogP contribution is -2.35. The van der Waals surface area contributed by atoms with Gasteiger partial charge >= 0.3 is 11.2 Å². The molecule has 1 aliphatic rings. The number of rotatable bonds is 3. The van der Waals surface area contributed by atoms with E-state index >= 15 is 0 Å². The minimum absolute atomic E-state index is 0.223. The molecule has 0 bridgehead atoms. The molecule has 134 valence electrons. The van der Waals surface area contributed by atoms with E-state index in [1.54, 1.807) is 5.32 Å². The topological polar surface area (TPSA) is 119 Å². The second-order valence-corrected chi connectivity index (χ2v) is 6.15. The van der Waals surface area contributed by atoms with Gasteiger partial charge in [-0.3, -0.25) is 29.5 Å². The predicted molar refractivity (Wildman–Crippen MR) is 80.5 cm³/mol. The van der Waals surface area contributed by atoms with Crippen molar-refractivity contribution in [3.63, 3.8) is 0 Å². The van der Waals surface area contributed by atoms with E-state index in [2.05, 4.69) is 4.98 Å². The summed E-state index contributed by atoms with van der Waals surface area (Å²) < 4.78 is 36.8. The number of alkyl halides is 3. The van der Waals surface area contributed by atoms with E-state index in [9.17, 15) is 37.7 Å². The maximum Gasteiger partial charge on any atom is 0.405 e. The van der Waals surface area contributed by atoms with Crippen molar-refractivity contribution >= 4 is 33.8 Å². The summed E-state index contributed by atoms with van der Waals surface area (Å²) in [5, 5.41) is 12.0. The number of aromatic nitrogens is 1. The van der Waals surface area contributed by atoms with Crippen LogP contribution in [0.5, 0.6) is 0 Å². The van der Waals surface area contributed by atoms with Crippen LogP contribution in [0.15, 0.2) is 18.3 Å². The van der Waals surface area contributed by atoms with Crippen molar-refractivity contribution in [2.45, 2.75) is 6.18 Å². The number of fused-ring (bicyclic) bond motifs is 2. The van der Waals surface area contributed by atoms with Crippen LogP contribution < -0.4 is 5.32 Å². The molecular weight excluding hydrogens is 379 g/mol. The molecule has 0 atom stereocenters. The van der Waals surface area contributed by atoms with Gasteiger partial charge in [0, 0.05) is 12.3 Å². The van der Waals surface area contributed by atoms with Crippen molar-refractivity contribution < 1.29 is 32.5 Å². The van der Waals surface area contributed by atoms with Gasteiger partial charge in [0.2, 0.25) is 11.6 Å². The molecule has 12 heteroatoms. The standard InChI is InChI=1S/C14H6F3N3O5S/c15-14(16,17)4-19-13(23)5-1-2-18-9-8(5)11(22)12-6(10(9)21)3-7(26-12)20(24)25/h1-3H,4H2,(H,19,23). The zero-order valence-corrected chi connectivity index (χ0v) is 13.2. The summed E-state index contributed by atoms with van der Waals surface area (Å²) >= 11 is 0.448. The molecule has 26 heavy (non-hydrogen) atoms. The Hall–Kier alpha value is -3.15. The van der Waals surface area contributed by atoms with Crippen molar-refractivity contribution in [2.75, 3.05) is 6.54 Å². The normalized spacial score (nSPS) is 13.2. The first kappa shape index (κ1) is 17.7. The third-order valence-electron chi connectivity index (χ3n) is 3.44. The Kier molecular flexibility index (Phi) is 4.06. The van der Waals surface area contributed by atoms with Crippen molar-refractivity contribution in [1.29, 1.82) is 0 Å².